The van der Waals surface area contributed by atoms with E-state index in [-0.39, 0.29) is 29.2 Å². The van der Waals surface area contributed by atoms with Crippen molar-refractivity contribution < 1.29 is 23.2 Å². The van der Waals surface area contributed by atoms with Crippen molar-refractivity contribution in [1.29, 1.82) is 0 Å². The fourth-order valence-electron chi connectivity index (χ4n) is 4.99. The maximum Gasteiger partial charge on any atom is 0.410 e. The Kier molecular flexibility index (Phi) is 9.46. The fourth-order valence-corrected chi connectivity index (χ4v) is 4.99. The summed E-state index contributed by atoms with van der Waals surface area (Å²) < 4.78 is 17.0. The molecule has 3 aromatic rings. The molecule has 1 saturated heterocycles. The van der Waals surface area contributed by atoms with Crippen molar-refractivity contribution in [3.63, 3.8) is 0 Å². The standard InChI is InChI=1S/C31H45N7O5/c1-19(2)16-38(22-13-21(26-36-35-20(3)42-26)17-37(18-22)29(40)43-31(7,8)9)27(39)24-15-33-28(30(4,5)6)34-25(24)32-14-23-11-10-12-41-23/h10-12,15,19,21-22H,13-14,16-18H2,1-9H3,(H,32,33,34)/t21-,22-/m0/s1. The van der Waals surface area contributed by atoms with Gasteiger partial charge in [0.15, 0.2) is 0 Å². The number of carbonyl (C=O) groups excluding carboxylic acids is 2. The summed E-state index contributed by atoms with van der Waals surface area (Å²) in [5, 5.41) is 11.6. The number of carbonyl (C=O) groups is 2. The first-order chi connectivity index (χ1) is 20.1. The van der Waals surface area contributed by atoms with Crippen LogP contribution in [-0.2, 0) is 16.7 Å². The summed E-state index contributed by atoms with van der Waals surface area (Å²) in [4.78, 5) is 40.6. The molecule has 1 N–H and O–H groups in total. The lowest BCUT2D eigenvalue weighted by Crippen LogP contribution is -2.55. The molecule has 0 radical (unpaired) electrons. The van der Waals surface area contributed by atoms with Gasteiger partial charge in [-0.25, -0.2) is 14.8 Å². The van der Waals surface area contributed by atoms with Crippen molar-refractivity contribution >= 4 is 17.8 Å². The number of hydrogen-bond acceptors (Lipinski definition) is 10. The SMILES string of the molecule is Cc1nnc([C@H]2C[C@H](N(CC(C)C)C(=O)c3cnc(C(C)(C)C)nc3NCc3ccco3)CN(C(=O)OC(C)(C)C)C2)o1. The van der Waals surface area contributed by atoms with Gasteiger partial charge in [0.2, 0.25) is 11.8 Å². The number of amides is 2. The molecule has 0 bridgehead atoms. The van der Waals surface area contributed by atoms with Crippen LogP contribution in [0.25, 0.3) is 0 Å². The second-order valence-corrected chi connectivity index (χ2v) is 13.6. The number of hydrogen-bond donors (Lipinski definition) is 1. The fraction of sp³-hybridized carbons (Fsp3) is 0.613. The van der Waals surface area contributed by atoms with Crippen LogP contribution in [0.15, 0.2) is 33.4 Å². The van der Waals surface area contributed by atoms with E-state index in [2.05, 4.69) is 34.3 Å². The molecule has 2 atom stereocenters. The van der Waals surface area contributed by atoms with Crippen molar-refractivity contribution in [2.24, 2.45) is 5.92 Å². The number of furan rings is 1. The molecule has 1 aliphatic rings. The molecule has 1 fully saturated rings. The van der Waals surface area contributed by atoms with Gasteiger partial charge in [0.05, 0.1) is 24.8 Å². The maximum atomic E-state index is 14.5. The van der Waals surface area contributed by atoms with Gasteiger partial charge in [-0.1, -0.05) is 34.6 Å². The average molecular weight is 596 g/mol. The highest BCUT2D eigenvalue weighted by Crippen LogP contribution is 2.32. The largest absolute Gasteiger partial charge is 0.467 e. The predicted molar refractivity (Wildman–Crippen MR) is 161 cm³/mol. The Morgan fingerprint density at radius 2 is 1.91 bits per heavy atom. The van der Waals surface area contributed by atoms with Crippen LogP contribution in [0.2, 0.25) is 0 Å². The molecule has 43 heavy (non-hydrogen) atoms. The van der Waals surface area contributed by atoms with Crippen molar-refractivity contribution in [1.82, 2.24) is 30.0 Å². The second kappa shape index (κ2) is 12.7. The molecule has 0 saturated carbocycles. The monoisotopic (exact) mass is 595 g/mol. The topological polar surface area (TPSA) is 140 Å². The Balaban J connectivity index is 1.71. The smallest absolute Gasteiger partial charge is 0.410 e. The van der Waals surface area contributed by atoms with Crippen molar-refractivity contribution in [3.8, 4) is 0 Å². The Bertz CT molecular complexity index is 1390. The van der Waals surface area contributed by atoms with E-state index in [1.165, 1.54) is 0 Å². The van der Waals surface area contributed by atoms with Gasteiger partial charge in [-0.05, 0) is 45.2 Å². The Hall–Kier alpha value is -3.96. The number of rotatable bonds is 8. The first kappa shape index (κ1) is 32.0. The lowest BCUT2D eigenvalue weighted by atomic mass is 9.92. The number of aromatic nitrogens is 4. The third kappa shape index (κ3) is 8.32. The quantitative estimate of drug-likeness (QED) is 0.352. The number of aryl methyl sites for hydroxylation is 1. The highest BCUT2D eigenvalue weighted by atomic mass is 16.6. The zero-order valence-corrected chi connectivity index (χ0v) is 26.8. The number of piperidine rings is 1. The van der Waals surface area contributed by atoms with E-state index in [0.717, 1.165) is 0 Å². The number of likely N-dealkylation sites (tertiary alicyclic amines) is 1. The molecule has 4 rings (SSSR count). The summed E-state index contributed by atoms with van der Waals surface area (Å²) in [6.07, 6.45) is 3.29. The van der Waals surface area contributed by atoms with Crippen LogP contribution in [0, 0.1) is 12.8 Å². The third-order valence-corrected chi connectivity index (χ3v) is 6.93. The predicted octanol–water partition coefficient (Wildman–Crippen LogP) is 5.56. The molecule has 0 spiro atoms. The minimum atomic E-state index is -0.672. The molecule has 0 unspecified atom stereocenters. The summed E-state index contributed by atoms with van der Waals surface area (Å²) in [5.74, 6) is 2.29. The Morgan fingerprint density at radius 3 is 2.49 bits per heavy atom. The van der Waals surface area contributed by atoms with E-state index in [4.69, 9.17) is 18.6 Å². The molecule has 2 amide bonds. The van der Waals surface area contributed by atoms with Gasteiger partial charge >= 0.3 is 6.09 Å². The third-order valence-electron chi connectivity index (χ3n) is 6.93. The molecule has 12 nitrogen and oxygen atoms in total. The average Bonchev–Trinajstić information content (AvgIpc) is 3.60. The summed E-state index contributed by atoms with van der Waals surface area (Å²) >= 11 is 0. The minimum Gasteiger partial charge on any atom is -0.467 e. The second-order valence-electron chi connectivity index (χ2n) is 13.6. The number of nitrogens with zero attached hydrogens (tertiary/aromatic N) is 6. The zero-order valence-electron chi connectivity index (χ0n) is 26.8. The van der Waals surface area contributed by atoms with Gasteiger partial charge in [-0.3, -0.25) is 4.79 Å². The molecular weight excluding hydrogens is 550 g/mol. The van der Waals surface area contributed by atoms with Gasteiger partial charge in [-0.15, -0.1) is 10.2 Å². The lowest BCUT2D eigenvalue weighted by Gasteiger charge is -2.42. The van der Waals surface area contributed by atoms with Gasteiger partial charge in [0.1, 0.15) is 28.6 Å². The molecule has 234 valence electrons. The molecule has 3 aromatic heterocycles. The van der Waals surface area contributed by atoms with Gasteiger partial charge in [0, 0.05) is 38.2 Å². The van der Waals surface area contributed by atoms with Crippen LogP contribution in [0.4, 0.5) is 10.6 Å². The summed E-state index contributed by atoms with van der Waals surface area (Å²) in [6, 6.07) is 3.32. The Morgan fingerprint density at radius 1 is 1.16 bits per heavy atom. The first-order valence-corrected chi connectivity index (χ1v) is 14.8. The highest BCUT2D eigenvalue weighted by Gasteiger charge is 2.40. The van der Waals surface area contributed by atoms with Crippen LogP contribution in [0.3, 0.4) is 0 Å². The highest BCUT2D eigenvalue weighted by molar-refractivity contribution is 5.98. The van der Waals surface area contributed by atoms with Gasteiger partial charge < -0.3 is 28.7 Å². The maximum absolute atomic E-state index is 14.5. The van der Waals surface area contributed by atoms with Crippen LogP contribution >= 0.6 is 0 Å². The van der Waals surface area contributed by atoms with Gasteiger partial charge in [0.25, 0.3) is 5.91 Å². The van der Waals surface area contributed by atoms with Crippen LogP contribution in [0.1, 0.15) is 101 Å². The van der Waals surface area contributed by atoms with Crippen LogP contribution in [0.5, 0.6) is 0 Å². The zero-order chi connectivity index (χ0) is 31.5. The summed E-state index contributed by atoms with van der Waals surface area (Å²) in [6.45, 7) is 18.9. The normalized spacial score (nSPS) is 17.7. The van der Waals surface area contributed by atoms with Crippen molar-refractivity contribution in [2.45, 2.75) is 98.3 Å². The minimum absolute atomic E-state index is 0.152. The molecule has 0 aliphatic carbocycles. The Labute approximate surface area is 253 Å². The van der Waals surface area contributed by atoms with E-state index in [0.29, 0.717) is 67.3 Å². The molecule has 12 heteroatoms. The summed E-state index contributed by atoms with van der Waals surface area (Å²) in [5.41, 5.74) is -0.651. The van der Waals surface area contributed by atoms with E-state index in [1.54, 1.807) is 24.3 Å². The van der Waals surface area contributed by atoms with E-state index < -0.39 is 11.7 Å². The van der Waals surface area contributed by atoms with Crippen molar-refractivity contribution in [3.05, 3.63) is 53.5 Å². The number of anilines is 1. The van der Waals surface area contributed by atoms with Crippen LogP contribution < -0.4 is 5.32 Å². The number of ether oxygens (including phenoxy) is 1. The molecule has 4 heterocycles. The van der Waals surface area contributed by atoms with Crippen LogP contribution in [-0.4, -0.2) is 73.2 Å². The van der Waals surface area contributed by atoms with E-state index >= 15 is 0 Å². The van der Waals surface area contributed by atoms with E-state index in [9.17, 15) is 9.59 Å². The van der Waals surface area contributed by atoms with Gasteiger partial charge in [-0.2, -0.15) is 0 Å². The van der Waals surface area contributed by atoms with E-state index in [1.807, 2.05) is 58.6 Å². The molecule has 1 aliphatic heterocycles. The first-order valence-electron chi connectivity index (χ1n) is 14.8. The molecule has 0 aromatic carbocycles. The van der Waals surface area contributed by atoms with Crippen molar-refractivity contribution in [2.75, 3.05) is 25.0 Å². The lowest BCUT2D eigenvalue weighted by molar-refractivity contribution is 0.00513. The molecular formula is C31H45N7O5. The summed E-state index contributed by atoms with van der Waals surface area (Å²) in [7, 11) is 0. The number of nitrogens with one attached hydrogen (secondary N) is 1.